The van der Waals surface area contributed by atoms with Gasteiger partial charge in [-0.05, 0) is 11.7 Å². The van der Waals surface area contributed by atoms with Gasteiger partial charge in [0.1, 0.15) is 11.8 Å². The van der Waals surface area contributed by atoms with Gasteiger partial charge in [-0.25, -0.2) is 0 Å². The first-order chi connectivity index (χ1) is 4.25. The minimum absolute atomic E-state index is 0.715. The first-order valence-electron chi connectivity index (χ1n) is 2.78. The zero-order chi connectivity index (χ0) is 6.85. The fourth-order valence-corrected chi connectivity index (χ4v) is 0.725. The predicted octanol–water partition coefficient (Wildman–Crippen LogP) is -0.845. The van der Waals surface area contributed by atoms with E-state index in [9.17, 15) is 0 Å². The van der Waals surface area contributed by atoms with Gasteiger partial charge in [-0.2, -0.15) is 5.26 Å². The average Bonchev–Trinajstić information content (AvgIpc) is 2.15. The van der Waals surface area contributed by atoms with Crippen molar-refractivity contribution in [3.63, 3.8) is 0 Å². The second kappa shape index (κ2) is 1.98. The van der Waals surface area contributed by atoms with Gasteiger partial charge in [0.2, 0.25) is 0 Å². The molecule has 0 amide bonds. The third-order valence-electron chi connectivity index (χ3n) is 1.49. The van der Waals surface area contributed by atoms with E-state index in [1.807, 2.05) is 31.6 Å². The van der Waals surface area contributed by atoms with E-state index in [1.54, 1.807) is 0 Å². The van der Waals surface area contributed by atoms with Gasteiger partial charge in [-0.15, -0.1) is 0 Å². The van der Waals surface area contributed by atoms with Crippen LogP contribution in [0.1, 0.15) is 5.69 Å². The number of hydrogen-bond acceptors (Lipinski definition) is 1. The van der Waals surface area contributed by atoms with E-state index >= 15 is 0 Å². The number of nitrogens with zero attached hydrogens (tertiary/aromatic N) is 2. The lowest BCUT2D eigenvalue weighted by Gasteiger charge is -1.94. The summed E-state index contributed by atoms with van der Waals surface area (Å²) in [4.78, 5) is 0. The van der Waals surface area contributed by atoms with Crippen LogP contribution >= 0.6 is 0 Å². The molecule has 0 aliphatic rings. The van der Waals surface area contributed by atoms with Gasteiger partial charge in [0.25, 0.3) is 0 Å². The summed E-state index contributed by atoms with van der Waals surface area (Å²) in [5.41, 5.74) is 1.83. The quantitative estimate of drug-likeness (QED) is 0.408. The monoisotopic (exact) mass is 118 g/mol. The summed E-state index contributed by atoms with van der Waals surface area (Å²) < 4.78 is 1.86. The van der Waals surface area contributed by atoms with Crippen molar-refractivity contribution in [1.82, 2.24) is 4.57 Å². The molecule has 44 valence electrons. The van der Waals surface area contributed by atoms with E-state index in [-0.39, 0.29) is 0 Å². The van der Waals surface area contributed by atoms with Crippen LogP contribution in [0, 0.1) is 11.3 Å². The second-order valence-corrected chi connectivity index (χ2v) is 2.03. The van der Waals surface area contributed by atoms with E-state index in [0.717, 1.165) is 5.59 Å². The molecule has 0 aliphatic carbocycles. The molecule has 0 fully saturated rings. The summed E-state index contributed by atoms with van der Waals surface area (Å²) in [7, 11) is 3.86. The zero-order valence-corrected chi connectivity index (χ0v) is 5.55. The van der Waals surface area contributed by atoms with Crippen molar-refractivity contribution in [2.75, 3.05) is 0 Å². The van der Waals surface area contributed by atoms with Crippen LogP contribution in [0.15, 0.2) is 12.1 Å². The molecule has 9 heavy (non-hydrogen) atoms. The van der Waals surface area contributed by atoms with E-state index in [2.05, 4.69) is 6.07 Å². The van der Waals surface area contributed by atoms with Gasteiger partial charge < -0.3 is 4.57 Å². The number of rotatable bonds is 0. The lowest BCUT2D eigenvalue weighted by molar-refractivity contribution is 0.937. The van der Waals surface area contributed by atoms with Gasteiger partial charge in [0, 0.05) is 7.05 Å². The molecule has 0 radical (unpaired) electrons. The van der Waals surface area contributed by atoms with Crippen molar-refractivity contribution in [2.45, 2.75) is 0 Å². The highest BCUT2D eigenvalue weighted by atomic mass is 14.9. The molecule has 0 bridgehead atoms. The van der Waals surface area contributed by atoms with Crippen LogP contribution in [0.3, 0.4) is 0 Å². The summed E-state index contributed by atoms with van der Waals surface area (Å²) >= 11 is 0. The maximum absolute atomic E-state index is 8.46. The Morgan fingerprint density at radius 3 is 2.56 bits per heavy atom. The molecule has 0 spiro atoms. The fourth-order valence-electron chi connectivity index (χ4n) is 0.725. The van der Waals surface area contributed by atoms with E-state index in [0.29, 0.717) is 5.69 Å². The van der Waals surface area contributed by atoms with E-state index in [1.165, 1.54) is 0 Å². The Morgan fingerprint density at radius 2 is 2.33 bits per heavy atom. The summed E-state index contributed by atoms with van der Waals surface area (Å²) in [6.07, 6.45) is 0. The molecule has 1 aromatic heterocycles. The number of hydrogen-bond donors (Lipinski definition) is 0. The van der Waals surface area contributed by atoms with Gasteiger partial charge in [-0.3, -0.25) is 0 Å². The number of aromatic nitrogens is 1. The zero-order valence-electron chi connectivity index (χ0n) is 5.55. The van der Waals surface area contributed by atoms with E-state index in [4.69, 9.17) is 5.26 Å². The molecule has 0 saturated carbocycles. The summed E-state index contributed by atoms with van der Waals surface area (Å²) in [5, 5.41) is 8.46. The van der Waals surface area contributed by atoms with Crippen molar-refractivity contribution in [2.24, 2.45) is 7.05 Å². The smallest absolute Gasteiger partial charge is 0.161 e. The molecule has 1 rings (SSSR count). The van der Waals surface area contributed by atoms with Crippen LogP contribution < -0.4 is 5.59 Å². The maximum Gasteiger partial charge on any atom is 0.161 e. The first-order valence-corrected chi connectivity index (χ1v) is 2.78. The van der Waals surface area contributed by atoms with Crippen LogP contribution in [-0.4, -0.2) is 12.4 Å². The van der Waals surface area contributed by atoms with Crippen molar-refractivity contribution >= 4 is 13.4 Å². The van der Waals surface area contributed by atoms with E-state index < -0.39 is 0 Å². The third kappa shape index (κ3) is 0.835. The summed E-state index contributed by atoms with van der Waals surface area (Å²) in [6.45, 7) is 0. The molecule has 1 aromatic rings. The normalized spacial score (nSPS) is 8.89. The van der Waals surface area contributed by atoms with Gasteiger partial charge in [-0.1, -0.05) is 6.07 Å². The molecule has 0 unspecified atom stereocenters. The molecule has 0 aromatic carbocycles. The van der Waals surface area contributed by atoms with Crippen LogP contribution in [-0.2, 0) is 7.05 Å². The van der Waals surface area contributed by atoms with Crippen LogP contribution in [0.4, 0.5) is 0 Å². The summed E-state index contributed by atoms with van der Waals surface area (Å²) in [6, 6.07) is 5.82. The molecule has 0 saturated heterocycles. The Balaban J connectivity index is 3.24. The van der Waals surface area contributed by atoms with Crippen LogP contribution in [0.25, 0.3) is 0 Å². The maximum atomic E-state index is 8.46. The average molecular weight is 118 g/mol. The largest absolute Gasteiger partial charge is 0.349 e. The molecular weight excluding hydrogens is 111 g/mol. The topological polar surface area (TPSA) is 28.7 Å². The molecule has 2 nitrogen and oxygen atoms in total. The standard InChI is InChI=1S/C6H7BN2/c1-9-5(4-8)2-3-6(9)7/h2-3H,7H2,1H3. The van der Waals surface area contributed by atoms with Crippen LogP contribution in [0.5, 0.6) is 0 Å². The molecule has 3 heteroatoms. The van der Waals surface area contributed by atoms with Crippen molar-refractivity contribution in [3.05, 3.63) is 17.8 Å². The number of nitriles is 1. The fraction of sp³-hybridized carbons (Fsp3) is 0.167. The molecule has 1 heterocycles. The Kier molecular flexibility index (Phi) is 1.31. The Bertz CT molecular complexity index is 257. The van der Waals surface area contributed by atoms with Gasteiger partial charge >= 0.3 is 0 Å². The third-order valence-corrected chi connectivity index (χ3v) is 1.49. The Hall–Kier alpha value is -1.17. The lowest BCUT2D eigenvalue weighted by atomic mass is 10.1. The Labute approximate surface area is 55.1 Å². The van der Waals surface area contributed by atoms with Crippen molar-refractivity contribution in [3.8, 4) is 6.07 Å². The van der Waals surface area contributed by atoms with Crippen LogP contribution in [0.2, 0.25) is 0 Å². The predicted molar refractivity (Wildman–Crippen MR) is 38.3 cm³/mol. The molecule has 0 atom stereocenters. The SMILES string of the molecule is Bc1ccc(C#N)n1C. The first kappa shape index (κ1) is 5.96. The molecule has 0 N–H and O–H groups in total. The minimum atomic E-state index is 0.715. The molecular formula is C6H7BN2. The van der Waals surface area contributed by atoms with Crippen molar-refractivity contribution in [1.29, 1.82) is 5.26 Å². The minimum Gasteiger partial charge on any atom is -0.349 e. The van der Waals surface area contributed by atoms with Gasteiger partial charge in [0.05, 0.1) is 0 Å². The van der Waals surface area contributed by atoms with Gasteiger partial charge in [0.15, 0.2) is 7.85 Å². The summed E-state index contributed by atoms with van der Waals surface area (Å²) in [5.74, 6) is 0. The second-order valence-electron chi connectivity index (χ2n) is 2.03. The highest BCUT2D eigenvalue weighted by Gasteiger charge is 1.95. The van der Waals surface area contributed by atoms with Crippen molar-refractivity contribution < 1.29 is 0 Å². The highest BCUT2D eigenvalue weighted by molar-refractivity contribution is 6.31. The lowest BCUT2D eigenvalue weighted by Crippen LogP contribution is -2.13. The highest BCUT2D eigenvalue weighted by Crippen LogP contribution is 1.91. The molecule has 0 aliphatic heterocycles. The Morgan fingerprint density at radius 1 is 1.67 bits per heavy atom.